The van der Waals surface area contributed by atoms with E-state index in [0.717, 1.165) is 60.4 Å². The van der Waals surface area contributed by atoms with Crippen LogP contribution in [0.2, 0.25) is 0 Å². The minimum absolute atomic E-state index is 0.146. The third-order valence-corrected chi connectivity index (χ3v) is 8.29. The van der Waals surface area contributed by atoms with Crippen molar-refractivity contribution in [2.75, 3.05) is 22.5 Å². The Bertz CT molecular complexity index is 1640. The van der Waals surface area contributed by atoms with Crippen LogP contribution < -0.4 is 16.0 Å². The zero-order chi connectivity index (χ0) is 26.9. The van der Waals surface area contributed by atoms with Crippen molar-refractivity contribution >= 4 is 35.1 Å². The lowest BCUT2D eigenvalue weighted by molar-refractivity contribution is -0.111. The number of benzene rings is 3. The first-order chi connectivity index (χ1) is 19.7. The van der Waals surface area contributed by atoms with Crippen LogP contribution in [0, 0.1) is 0 Å². The molecule has 3 aromatic carbocycles. The van der Waals surface area contributed by atoms with E-state index in [4.69, 9.17) is 0 Å². The fourth-order valence-corrected chi connectivity index (χ4v) is 6.32. The first-order valence-electron chi connectivity index (χ1n) is 14.2. The molecule has 1 amide bonds. The zero-order valence-corrected chi connectivity index (χ0v) is 22.4. The summed E-state index contributed by atoms with van der Waals surface area (Å²) in [5.41, 5.74) is 11.5. The van der Waals surface area contributed by atoms with Crippen molar-refractivity contribution < 1.29 is 4.79 Å². The number of carbonyl (C=O) groups excluding carboxylic acids is 1. The van der Waals surface area contributed by atoms with E-state index >= 15 is 0 Å². The number of fused-ring (bicyclic) bond motifs is 6. The number of anilines is 3. The molecular weight excluding hydrogens is 492 g/mol. The van der Waals surface area contributed by atoms with E-state index in [2.05, 4.69) is 99.8 Å². The molecule has 1 aliphatic carbocycles. The van der Waals surface area contributed by atoms with Gasteiger partial charge in [-0.3, -0.25) is 9.78 Å². The molecule has 2 unspecified atom stereocenters. The Morgan fingerprint density at radius 2 is 1.88 bits per heavy atom. The van der Waals surface area contributed by atoms with Gasteiger partial charge in [0.25, 0.3) is 0 Å². The molecule has 0 saturated carbocycles. The van der Waals surface area contributed by atoms with Crippen LogP contribution in [0.3, 0.4) is 0 Å². The van der Waals surface area contributed by atoms with Crippen molar-refractivity contribution in [3.05, 3.63) is 119 Å². The minimum Gasteiger partial charge on any atom is -0.385 e. The predicted molar refractivity (Wildman–Crippen MR) is 164 cm³/mol. The van der Waals surface area contributed by atoms with Gasteiger partial charge in [0.2, 0.25) is 5.91 Å². The number of allylic oxidation sites excluding steroid dienone is 1. The lowest BCUT2D eigenvalue weighted by Gasteiger charge is -2.27. The van der Waals surface area contributed by atoms with Crippen LogP contribution in [-0.2, 0) is 11.2 Å². The van der Waals surface area contributed by atoms with Crippen LogP contribution in [0.15, 0.2) is 91.1 Å². The fourth-order valence-electron chi connectivity index (χ4n) is 6.32. The first kappa shape index (κ1) is 24.4. The molecular formula is C35H32N4O. The Morgan fingerprint density at radius 1 is 0.975 bits per heavy atom. The second-order valence-electron chi connectivity index (χ2n) is 10.8. The predicted octanol–water partition coefficient (Wildman–Crippen LogP) is 7.82. The average molecular weight is 525 g/mol. The largest absolute Gasteiger partial charge is 0.385 e. The number of nitrogens with one attached hydrogen (secondary N) is 3. The smallest absolute Gasteiger partial charge is 0.248 e. The van der Waals surface area contributed by atoms with Crippen LogP contribution in [0.25, 0.3) is 23.3 Å². The van der Waals surface area contributed by atoms with Crippen molar-refractivity contribution in [2.24, 2.45) is 0 Å². The number of nitrogens with zero attached hydrogens (tertiary/aromatic N) is 1. The van der Waals surface area contributed by atoms with Crippen LogP contribution >= 0.6 is 0 Å². The molecule has 3 heterocycles. The monoisotopic (exact) mass is 524 g/mol. The van der Waals surface area contributed by atoms with Gasteiger partial charge in [0.15, 0.2) is 0 Å². The molecule has 5 nitrogen and oxygen atoms in total. The number of rotatable bonds is 4. The molecule has 2 aliphatic heterocycles. The molecule has 0 saturated heterocycles. The molecule has 0 bridgehead atoms. The second-order valence-corrected chi connectivity index (χ2v) is 10.8. The lowest BCUT2D eigenvalue weighted by atomic mass is 9.85. The normalized spacial score (nSPS) is 18.8. The van der Waals surface area contributed by atoms with Gasteiger partial charge in [-0.05, 0) is 83.8 Å². The number of para-hydroxylation sites is 1. The van der Waals surface area contributed by atoms with Gasteiger partial charge in [-0.25, -0.2) is 0 Å². The number of amides is 1. The van der Waals surface area contributed by atoms with Crippen molar-refractivity contribution in [2.45, 2.75) is 37.6 Å². The molecule has 3 aliphatic rings. The maximum atomic E-state index is 12.8. The highest BCUT2D eigenvalue weighted by molar-refractivity contribution is 6.02. The lowest BCUT2D eigenvalue weighted by Crippen LogP contribution is -2.19. The maximum Gasteiger partial charge on any atom is 0.248 e. The second kappa shape index (κ2) is 10.5. The summed E-state index contributed by atoms with van der Waals surface area (Å²) in [5.74, 6) is 0.319. The summed E-state index contributed by atoms with van der Waals surface area (Å²) >= 11 is 0. The molecule has 0 radical (unpaired) electrons. The summed E-state index contributed by atoms with van der Waals surface area (Å²) in [6.45, 7) is 0.921. The van der Waals surface area contributed by atoms with Gasteiger partial charge in [-0.2, -0.15) is 0 Å². The van der Waals surface area contributed by atoms with Crippen molar-refractivity contribution in [1.82, 2.24) is 4.98 Å². The third kappa shape index (κ3) is 4.68. The quantitative estimate of drug-likeness (QED) is 0.238. The van der Waals surface area contributed by atoms with Crippen LogP contribution in [-0.4, -0.2) is 17.4 Å². The molecule has 198 valence electrons. The number of aryl methyl sites for hydroxylation is 1. The molecule has 40 heavy (non-hydrogen) atoms. The molecule has 0 fully saturated rings. The highest BCUT2D eigenvalue weighted by Gasteiger charge is 2.34. The highest BCUT2D eigenvalue weighted by atomic mass is 16.1. The summed E-state index contributed by atoms with van der Waals surface area (Å²) in [5, 5.41) is 10.4. The van der Waals surface area contributed by atoms with Gasteiger partial charge in [0.05, 0.1) is 6.04 Å². The van der Waals surface area contributed by atoms with Crippen LogP contribution in [0.4, 0.5) is 17.1 Å². The SMILES string of the molecule is O=C(/C=C/c1ccc(-c2ccnc3c2C=CCC3)cc1)Nc1ccc2c(c1)NCCCC1c3ccccc3NC21. The number of carbonyl (C=O) groups is 1. The Balaban J connectivity index is 1.05. The highest BCUT2D eigenvalue weighted by Crippen LogP contribution is 2.49. The zero-order valence-electron chi connectivity index (χ0n) is 22.4. The van der Waals surface area contributed by atoms with Crippen molar-refractivity contribution in [1.29, 1.82) is 0 Å². The number of hydrogen-bond acceptors (Lipinski definition) is 4. The molecule has 7 rings (SSSR count). The van der Waals surface area contributed by atoms with E-state index in [1.165, 1.54) is 27.9 Å². The standard InChI is InChI=1S/C35H32N4O/c40-34(18-13-23-11-14-24(15-12-23)26-19-21-37-31-9-3-1-6-27(26)31)38-25-16-17-30-33(22-25)36-20-5-8-29-28-7-2-4-10-32(28)39-35(29)30/h1-2,4,6-7,10-19,21-22,29,35-36,39H,3,5,8-9,20H2,(H,38,40)/b18-13+. The van der Waals surface area contributed by atoms with Gasteiger partial charge in [0, 0.05) is 53.1 Å². The summed E-state index contributed by atoms with van der Waals surface area (Å²) in [6, 6.07) is 25.5. The number of hydrogen-bond donors (Lipinski definition) is 3. The van der Waals surface area contributed by atoms with E-state index in [1.54, 1.807) is 6.08 Å². The van der Waals surface area contributed by atoms with E-state index in [9.17, 15) is 4.79 Å². The van der Waals surface area contributed by atoms with Gasteiger partial charge >= 0.3 is 0 Å². The molecule has 2 atom stereocenters. The van der Waals surface area contributed by atoms with Crippen LogP contribution in [0.5, 0.6) is 0 Å². The molecule has 1 aromatic heterocycles. The Labute approximate surface area is 235 Å². The molecule has 0 spiro atoms. The fraction of sp³-hybridized carbons (Fsp3) is 0.200. The first-order valence-corrected chi connectivity index (χ1v) is 14.2. The van der Waals surface area contributed by atoms with E-state index in [0.29, 0.717) is 5.92 Å². The Hall–Kier alpha value is -4.64. The summed E-state index contributed by atoms with van der Waals surface area (Å²) < 4.78 is 0. The summed E-state index contributed by atoms with van der Waals surface area (Å²) in [7, 11) is 0. The van der Waals surface area contributed by atoms with Gasteiger partial charge < -0.3 is 16.0 Å². The van der Waals surface area contributed by atoms with E-state index in [1.807, 2.05) is 18.3 Å². The Morgan fingerprint density at radius 3 is 2.80 bits per heavy atom. The van der Waals surface area contributed by atoms with Crippen molar-refractivity contribution in [3.8, 4) is 11.1 Å². The topological polar surface area (TPSA) is 66.0 Å². The van der Waals surface area contributed by atoms with Gasteiger partial charge in [-0.15, -0.1) is 0 Å². The molecule has 3 N–H and O–H groups in total. The minimum atomic E-state index is -0.146. The summed E-state index contributed by atoms with van der Waals surface area (Å²) in [6.07, 6.45) is 14.0. The van der Waals surface area contributed by atoms with E-state index < -0.39 is 0 Å². The maximum absolute atomic E-state index is 12.8. The number of pyridine rings is 1. The van der Waals surface area contributed by atoms with Gasteiger partial charge in [0.1, 0.15) is 0 Å². The number of aromatic nitrogens is 1. The molecule has 5 heteroatoms. The third-order valence-electron chi connectivity index (χ3n) is 8.29. The average Bonchev–Trinajstić information content (AvgIpc) is 3.35. The van der Waals surface area contributed by atoms with E-state index in [-0.39, 0.29) is 11.9 Å². The summed E-state index contributed by atoms with van der Waals surface area (Å²) in [4.78, 5) is 17.4. The van der Waals surface area contributed by atoms with Gasteiger partial charge in [-0.1, -0.05) is 60.7 Å². The van der Waals surface area contributed by atoms with Crippen molar-refractivity contribution in [3.63, 3.8) is 0 Å². The van der Waals surface area contributed by atoms with Crippen LogP contribution in [0.1, 0.15) is 59.2 Å². The molecule has 4 aromatic rings. The Kier molecular flexibility index (Phi) is 6.40.